The van der Waals surface area contributed by atoms with Gasteiger partial charge in [0, 0.05) is 11.6 Å². The Kier molecular flexibility index (Phi) is 5.78. The predicted octanol–water partition coefficient (Wildman–Crippen LogP) is 3.90. The first-order valence-corrected chi connectivity index (χ1v) is 5.90. The molecule has 4 heteroatoms. The summed E-state index contributed by atoms with van der Waals surface area (Å²) in [6.45, 7) is 3.00. The Labute approximate surface area is 107 Å². The lowest BCUT2D eigenvalue weighted by Gasteiger charge is -2.20. The Morgan fingerprint density at radius 1 is 1.39 bits per heavy atom. The van der Waals surface area contributed by atoms with Crippen LogP contribution in [0.2, 0.25) is 0 Å². The van der Waals surface area contributed by atoms with E-state index in [0.717, 1.165) is 24.0 Å². The molecule has 1 atom stereocenters. The number of para-hydroxylation sites is 1. The number of hydrogen-bond acceptors (Lipinski definition) is 2. The molecule has 18 heavy (non-hydrogen) atoms. The number of nitrogens with one attached hydrogen (secondary N) is 1. The van der Waals surface area contributed by atoms with Crippen molar-refractivity contribution in [3.63, 3.8) is 0 Å². The number of halogens is 2. The number of alkyl halides is 2. The highest BCUT2D eigenvalue weighted by Gasteiger charge is 2.16. The molecule has 0 heterocycles. The molecule has 0 saturated carbocycles. The minimum Gasteiger partial charge on any atom is -0.434 e. The van der Waals surface area contributed by atoms with E-state index in [2.05, 4.69) is 16.6 Å². The van der Waals surface area contributed by atoms with Gasteiger partial charge in [-0.15, -0.1) is 6.58 Å². The van der Waals surface area contributed by atoms with Crippen LogP contribution in [0.4, 0.5) is 8.78 Å². The van der Waals surface area contributed by atoms with Crippen LogP contribution in [0.25, 0.3) is 0 Å². The molecule has 0 aromatic heterocycles. The van der Waals surface area contributed by atoms with Crippen molar-refractivity contribution in [1.82, 2.24) is 5.32 Å². The molecule has 0 bridgehead atoms. The van der Waals surface area contributed by atoms with Gasteiger partial charge in [0.15, 0.2) is 0 Å². The molecule has 0 amide bonds. The second-order valence-corrected chi connectivity index (χ2v) is 4.25. The minimum atomic E-state index is -2.80. The monoisotopic (exact) mass is 255 g/mol. The summed E-state index contributed by atoms with van der Waals surface area (Å²) in [4.78, 5) is 0. The molecule has 0 spiro atoms. The van der Waals surface area contributed by atoms with Crippen LogP contribution in [0.5, 0.6) is 5.75 Å². The summed E-state index contributed by atoms with van der Waals surface area (Å²) in [5.74, 6) is 0.230. The highest BCUT2D eigenvalue weighted by Crippen LogP contribution is 2.29. The van der Waals surface area contributed by atoms with Gasteiger partial charge in [0.2, 0.25) is 0 Å². The second-order valence-electron chi connectivity index (χ2n) is 4.25. The lowest BCUT2D eigenvalue weighted by atomic mass is 9.99. The van der Waals surface area contributed by atoms with Gasteiger partial charge in [0.1, 0.15) is 5.75 Å². The van der Waals surface area contributed by atoms with Crippen LogP contribution in [0, 0.1) is 0 Å². The summed E-state index contributed by atoms with van der Waals surface area (Å²) in [5, 5.41) is 3.12. The van der Waals surface area contributed by atoms with Crippen LogP contribution >= 0.6 is 0 Å². The number of allylic oxidation sites excluding steroid dienone is 1. The zero-order chi connectivity index (χ0) is 13.5. The van der Waals surface area contributed by atoms with E-state index in [1.54, 1.807) is 18.2 Å². The van der Waals surface area contributed by atoms with Gasteiger partial charge in [-0.1, -0.05) is 23.8 Å². The van der Waals surface area contributed by atoms with E-state index in [1.165, 1.54) is 0 Å². The van der Waals surface area contributed by atoms with Gasteiger partial charge in [-0.3, -0.25) is 0 Å². The molecule has 0 aliphatic rings. The fourth-order valence-electron chi connectivity index (χ4n) is 1.82. The Bertz CT molecular complexity index is 393. The van der Waals surface area contributed by atoms with Crippen molar-refractivity contribution < 1.29 is 13.5 Å². The highest BCUT2D eigenvalue weighted by atomic mass is 19.3. The van der Waals surface area contributed by atoms with Crippen LogP contribution in [-0.4, -0.2) is 13.7 Å². The average Bonchev–Trinajstić information content (AvgIpc) is 2.30. The molecule has 2 nitrogen and oxygen atoms in total. The molecular weight excluding hydrogens is 236 g/mol. The Balaban J connectivity index is 2.86. The Hall–Kier alpha value is -1.42. The lowest BCUT2D eigenvalue weighted by molar-refractivity contribution is -0.0507. The molecule has 0 aliphatic heterocycles. The van der Waals surface area contributed by atoms with Crippen LogP contribution in [0.1, 0.15) is 31.4 Å². The maximum atomic E-state index is 12.3. The van der Waals surface area contributed by atoms with Gasteiger partial charge in [0.25, 0.3) is 0 Å². The third-order valence-electron chi connectivity index (χ3n) is 2.72. The normalized spacial score (nSPS) is 12.5. The van der Waals surface area contributed by atoms with E-state index >= 15 is 0 Å². The van der Waals surface area contributed by atoms with E-state index in [4.69, 9.17) is 0 Å². The van der Waals surface area contributed by atoms with Gasteiger partial charge in [-0.05, 0) is 32.9 Å². The summed E-state index contributed by atoms with van der Waals surface area (Å²) < 4.78 is 29.2. The summed E-state index contributed by atoms with van der Waals surface area (Å²) in [6, 6.07) is 6.85. The highest BCUT2D eigenvalue weighted by molar-refractivity contribution is 5.36. The van der Waals surface area contributed by atoms with Crippen LogP contribution in [0.3, 0.4) is 0 Å². The Morgan fingerprint density at radius 2 is 2.06 bits per heavy atom. The van der Waals surface area contributed by atoms with Crippen LogP contribution in [-0.2, 0) is 0 Å². The predicted molar refractivity (Wildman–Crippen MR) is 68.9 cm³/mol. The van der Waals surface area contributed by atoms with E-state index in [-0.39, 0.29) is 11.8 Å². The third kappa shape index (κ3) is 4.45. The standard InChI is InChI=1S/C14H19F2NO/c1-10(2)8-9-12(17-3)11-6-4-5-7-13(11)18-14(15)16/h4-7,12,14,17H,1,8-9H2,2-3H3. The number of benzene rings is 1. The van der Waals surface area contributed by atoms with Crippen molar-refractivity contribution in [2.45, 2.75) is 32.4 Å². The van der Waals surface area contributed by atoms with Gasteiger partial charge >= 0.3 is 6.61 Å². The lowest BCUT2D eigenvalue weighted by Crippen LogP contribution is -2.18. The van der Waals surface area contributed by atoms with E-state index < -0.39 is 6.61 Å². The molecule has 1 aromatic rings. The fraction of sp³-hybridized carbons (Fsp3) is 0.429. The molecule has 1 rings (SSSR count). The van der Waals surface area contributed by atoms with Gasteiger partial charge in [-0.25, -0.2) is 0 Å². The quantitative estimate of drug-likeness (QED) is 0.746. The Morgan fingerprint density at radius 3 is 2.61 bits per heavy atom. The molecule has 100 valence electrons. The molecule has 0 radical (unpaired) electrons. The fourth-order valence-corrected chi connectivity index (χ4v) is 1.82. The maximum absolute atomic E-state index is 12.3. The summed E-state index contributed by atoms with van der Waals surface area (Å²) in [5.41, 5.74) is 1.82. The first-order chi connectivity index (χ1) is 8.54. The summed E-state index contributed by atoms with van der Waals surface area (Å²) in [7, 11) is 1.81. The van der Waals surface area contributed by atoms with E-state index in [1.807, 2.05) is 20.0 Å². The average molecular weight is 255 g/mol. The van der Waals surface area contributed by atoms with Crippen molar-refractivity contribution >= 4 is 0 Å². The number of rotatable bonds is 7. The van der Waals surface area contributed by atoms with Crippen molar-refractivity contribution in [1.29, 1.82) is 0 Å². The third-order valence-corrected chi connectivity index (χ3v) is 2.72. The van der Waals surface area contributed by atoms with Crippen LogP contribution < -0.4 is 10.1 Å². The molecule has 0 aliphatic carbocycles. The SMILES string of the molecule is C=C(C)CCC(NC)c1ccccc1OC(F)F. The number of hydrogen-bond donors (Lipinski definition) is 1. The molecular formula is C14H19F2NO. The summed E-state index contributed by atoms with van der Waals surface area (Å²) in [6.07, 6.45) is 1.64. The topological polar surface area (TPSA) is 21.3 Å². The maximum Gasteiger partial charge on any atom is 0.387 e. The molecule has 0 saturated heterocycles. The van der Waals surface area contributed by atoms with Gasteiger partial charge in [0.05, 0.1) is 0 Å². The zero-order valence-corrected chi connectivity index (χ0v) is 10.7. The first kappa shape index (κ1) is 14.6. The van der Waals surface area contributed by atoms with Crippen molar-refractivity contribution in [3.8, 4) is 5.75 Å². The zero-order valence-electron chi connectivity index (χ0n) is 10.7. The molecule has 1 N–H and O–H groups in total. The number of ether oxygens (including phenoxy) is 1. The van der Waals surface area contributed by atoms with E-state index in [0.29, 0.717) is 0 Å². The van der Waals surface area contributed by atoms with E-state index in [9.17, 15) is 8.78 Å². The minimum absolute atomic E-state index is 0.0170. The van der Waals surface area contributed by atoms with Crippen molar-refractivity contribution in [3.05, 3.63) is 42.0 Å². The molecule has 0 fully saturated rings. The smallest absolute Gasteiger partial charge is 0.387 e. The van der Waals surface area contributed by atoms with Crippen molar-refractivity contribution in [2.24, 2.45) is 0 Å². The van der Waals surface area contributed by atoms with Crippen LogP contribution in [0.15, 0.2) is 36.4 Å². The second kappa shape index (κ2) is 7.11. The molecule has 1 unspecified atom stereocenters. The summed E-state index contributed by atoms with van der Waals surface area (Å²) >= 11 is 0. The first-order valence-electron chi connectivity index (χ1n) is 5.90. The molecule has 1 aromatic carbocycles. The van der Waals surface area contributed by atoms with Gasteiger partial charge < -0.3 is 10.1 Å². The van der Waals surface area contributed by atoms with Crippen molar-refractivity contribution in [2.75, 3.05) is 7.05 Å². The van der Waals surface area contributed by atoms with Gasteiger partial charge in [-0.2, -0.15) is 8.78 Å². The largest absolute Gasteiger partial charge is 0.434 e.